The summed E-state index contributed by atoms with van der Waals surface area (Å²) < 4.78 is 0. The molecule has 0 aromatic heterocycles. The average Bonchev–Trinajstić information content (AvgIpc) is 2.82. The number of hydrogen-bond acceptors (Lipinski definition) is 0. The van der Waals surface area contributed by atoms with Crippen molar-refractivity contribution >= 4 is 22.4 Å². The summed E-state index contributed by atoms with van der Waals surface area (Å²) in [5, 5.41) is 3.03. The zero-order valence-corrected chi connectivity index (χ0v) is 11.6. The van der Waals surface area contributed by atoms with Crippen molar-refractivity contribution in [2.24, 2.45) is 0 Å². The normalized spacial score (nSPS) is 15.2. The maximum absolute atomic E-state index is 6.59. The van der Waals surface area contributed by atoms with Gasteiger partial charge in [0.15, 0.2) is 0 Å². The van der Waals surface area contributed by atoms with Gasteiger partial charge >= 0.3 is 0 Å². The van der Waals surface area contributed by atoms with Gasteiger partial charge in [-0.25, -0.2) is 0 Å². The molecule has 1 aliphatic rings. The highest BCUT2D eigenvalue weighted by molar-refractivity contribution is 6.22. The van der Waals surface area contributed by atoms with Gasteiger partial charge in [0.05, 0.1) is 5.38 Å². The van der Waals surface area contributed by atoms with Crippen LogP contribution in [-0.4, -0.2) is 0 Å². The fourth-order valence-electron chi connectivity index (χ4n) is 3.08. The van der Waals surface area contributed by atoms with E-state index in [9.17, 15) is 0 Å². The molecule has 94 valence electrons. The Balaban J connectivity index is 2.09. The number of hydrogen-bond donors (Lipinski definition) is 0. The summed E-state index contributed by atoms with van der Waals surface area (Å²) in [7, 11) is 0. The maximum Gasteiger partial charge on any atom is 0.0591 e. The van der Waals surface area contributed by atoms with E-state index < -0.39 is 0 Å². The van der Waals surface area contributed by atoms with E-state index in [1.165, 1.54) is 53.1 Å². The second-order valence-corrected chi connectivity index (χ2v) is 5.79. The Morgan fingerprint density at radius 3 is 2.67 bits per heavy atom. The highest BCUT2D eigenvalue weighted by Gasteiger charge is 2.18. The van der Waals surface area contributed by atoms with Crippen LogP contribution in [0.2, 0.25) is 0 Å². The predicted octanol–water partition coefficient (Wildman–Crippen LogP) is 5.41. The molecule has 0 fully saturated rings. The second-order valence-electron chi connectivity index (χ2n) is 5.26. The van der Waals surface area contributed by atoms with Crippen LogP contribution in [0.3, 0.4) is 0 Å². The molecule has 0 spiro atoms. The Bertz CT molecular complexity index is 561. The molecule has 0 amide bonds. The van der Waals surface area contributed by atoms with Crippen LogP contribution in [0.25, 0.3) is 10.8 Å². The number of unbranched alkanes of at least 4 members (excludes halogenated alkanes) is 1. The lowest BCUT2D eigenvalue weighted by molar-refractivity contribution is 0.703. The third-order valence-corrected chi connectivity index (χ3v) is 4.51. The van der Waals surface area contributed by atoms with Crippen molar-refractivity contribution in [1.29, 1.82) is 0 Å². The van der Waals surface area contributed by atoms with Gasteiger partial charge < -0.3 is 0 Å². The smallest absolute Gasteiger partial charge is 0.0591 e. The fourth-order valence-corrected chi connectivity index (χ4v) is 3.43. The minimum atomic E-state index is 0.162. The number of aryl methyl sites for hydroxylation is 2. The van der Waals surface area contributed by atoms with Gasteiger partial charge in [0.1, 0.15) is 0 Å². The molecule has 1 heteroatoms. The van der Waals surface area contributed by atoms with Crippen LogP contribution in [0.1, 0.15) is 48.3 Å². The molecule has 0 saturated heterocycles. The summed E-state index contributed by atoms with van der Waals surface area (Å²) in [6, 6.07) is 11.2. The van der Waals surface area contributed by atoms with Gasteiger partial charge in [-0.2, -0.15) is 0 Å². The Morgan fingerprint density at radius 1 is 1.11 bits per heavy atom. The Labute approximate surface area is 114 Å². The fraction of sp³-hybridized carbons (Fsp3) is 0.412. The molecular weight excluding hydrogens is 240 g/mol. The first-order valence-corrected chi connectivity index (χ1v) is 7.42. The van der Waals surface area contributed by atoms with E-state index in [2.05, 4.69) is 37.3 Å². The monoisotopic (exact) mass is 258 g/mol. The van der Waals surface area contributed by atoms with Crippen LogP contribution in [0.5, 0.6) is 0 Å². The molecule has 18 heavy (non-hydrogen) atoms. The van der Waals surface area contributed by atoms with Gasteiger partial charge in [-0.3, -0.25) is 0 Å². The summed E-state index contributed by atoms with van der Waals surface area (Å²) in [6.07, 6.45) is 5.88. The van der Waals surface area contributed by atoms with E-state index in [4.69, 9.17) is 11.6 Å². The van der Waals surface area contributed by atoms with Gasteiger partial charge in [-0.05, 0) is 46.7 Å². The standard InChI is InChI=1S/C17H19Cl/c1-2-3-7-16(18)14-11-10-13-9-8-12-5-4-6-15(14)17(12)13/h4-6,10-11,16H,2-3,7-9H2,1H3. The Morgan fingerprint density at radius 2 is 1.89 bits per heavy atom. The molecular formula is C17H19Cl. The van der Waals surface area contributed by atoms with Gasteiger partial charge in [0.25, 0.3) is 0 Å². The van der Waals surface area contributed by atoms with Crippen molar-refractivity contribution in [2.75, 3.05) is 0 Å². The molecule has 3 rings (SSSR count). The molecule has 0 bridgehead atoms. The maximum atomic E-state index is 6.59. The average molecular weight is 259 g/mol. The van der Waals surface area contributed by atoms with Gasteiger partial charge in [0, 0.05) is 0 Å². The van der Waals surface area contributed by atoms with E-state index >= 15 is 0 Å². The molecule has 1 aliphatic carbocycles. The van der Waals surface area contributed by atoms with Crippen LogP contribution in [0.15, 0.2) is 30.3 Å². The van der Waals surface area contributed by atoms with E-state index in [0.717, 1.165) is 6.42 Å². The van der Waals surface area contributed by atoms with Crippen molar-refractivity contribution in [3.8, 4) is 0 Å². The molecule has 1 unspecified atom stereocenters. The second kappa shape index (κ2) is 4.93. The van der Waals surface area contributed by atoms with Crippen LogP contribution < -0.4 is 0 Å². The first kappa shape index (κ1) is 12.0. The highest BCUT2D eigenvalue weighted by Crippen LogP contribution is 2.38. The number of rotatable bonds is 4. The first-order chi connectivity index (χ1) is 8.81. The summed E-state index contributed by atoms with van der Waals surface area (Å²) in [4.78, 5) is 0. The number of alkyl halides is 1. The lowest BCUT2D eigenvalue weighted by Gasteiger charge is -2.14. The molecule has 0 radical (unpaired) electrons. The zero-order chi connectivity index (χ0) is 12.5. The minimum absolute atomic E-state index is 0.162. The largest absolute Gasteiger partial charge is 0.118 e. The van der Waals surface area contributed by atoms with Gasteiger partial charge in [0.2, 0.25) is 0 Å². The van der Waals surface area contributed by atoms with E-state index in [0.29, 0.717) is 0 Å². The molecule has 0 heterocycles. The summed E-state index contributed by atoms with van der Waals surface area (Å²) >= 11 is 6.59. The lowest BCUT2D eigenvalue weighted by Crippen LogP contribution is -1.93. The highest BCUT2D eigenvalue weighted by atomic mass is 35.5. The molecule has 0 N–H and O–H groups in total. The molecule has 2 aromatic carbocycles. The van der Waals surface area contributed by atoms with Crippen molar-refractivity contribution in [2.45, 2.75) is 44.4 Å². The number of benzene rings is 2. The molecule has 2 aromatic rings. The van der Waals surface area contributed by atoms with E-state index in [1.807, 2.05) is 0 Å². The summed E-state index contributed by atoms with van der Waals surface area (Å²) in [5.74, 6) is 0. The van der Waals surface area contributed by atoms with Crippen LogP contribution >= 0.6 is 11.6 Å². The first-order valence-electron chi connectivity index (χ1n) is 6.98. The van der Waals surface area contributed by atoms with Gasteiger partial charge in [-0.1, -0.05) is 50.1 Å². The SMILES string of the molecule is CCCCC(Cl)c1ccc2c3c(cccc13)CC2. The van der Waals surface area contributed by atoms with Crippen molar-refractivity contribution < 1.29 is 0 Å². The quantitative estimate of drug-likeness (QED) is 0.644. The predicted molar refractivity (Wildman–Crippen MR) is 79.5 cm³/mol. The third-order valence-electron chi connectivity index (χ3n) is 4.06. The van der Waals surface area contributed by atoms with E-state index in [1.54, 1.807) is 0 Å². The molecule has 0 saturated carbocycles. The van der Waals surface area contributed by atoms with Crippen molar-refractivity contribution in [1.82, 2.24) is 0 Å². The lowest BCUT2D eigenvalue weighted by atomic mass is 9.96. The molecule has 0 aliphatic heterocycles. The summed E-state index contributed by atoms with van der Waals surface area (Å²) in [6.45, 7) is 2.22. The van der Waals surface area contributed by atoms with Crippen molar-refractivity contribution in [3.63, 3.8) is 0 Å². The van der Waals surface area contributed by atoms with Crippen LogP contribution in [0.4, 0.5) is 0 Å². The zero-order valence-electron chi connectivity index (χ0n) is 10.9. The molecule has 1 atom stereocenters. The minimum Gasteiger partial charge on any atom is -0.118 e. The van der Waals surface area contributed by atoms with E-state index in [-0.39, 0.29) is 5.38 Å². The molecule has 0 nitrogen and oxygen atoms in total. The van der Waals surface area contributed by atoms with Crippen LogP contribution in [-0.2, 0) is 12.8 Å². The van der Waals surface area contributed by atoms with Crippen molar-refractivity contribution in [3.05, 3.63) is 47.0 Å². The topological polar surface area (TPSA) is 0 Å². The Hall–Kier alpha value is -1.01. The Kier molecular flexibility index (Phi) is 3.30. The third kappa shape index (κ3) is 1.93. The van der Waals surface area contributed by atoms with Crippen LogP contribution in [0, 0.1) is 0 Å². The summed E-state index contributed by atoms with van der Waals surface area (Å²) in [5.41, 5.74) is 4.33. The van der Waals surface area contributed by atoms with Gasteiger partial charge in [-0.15, -0.1) is 11.6 Å². The number of halogens is 1.